The molecule has 1 saturated carbocycles. The van der Waals surface area contributed by atoms with Gasteiger partial charge in [-0.2, -0.15) is 0 Å². The summed E-state index contributed by atoms with van der Waals surface area (Å²) in [7, 11) is 0. The molecule has 1 saturated heterocycles. The lowest BCUT2D eigenvalue weighted by Crippen LogP contribution is -2.36. The first-order valence-electron chi connectivity index (χ1n) is 9.56. The molecule has 2 aliphatic heterocycles. The van der Waals surface area contributed by atoms with Crippen LogP contribution in [0.15, 0.2) is 18.2 Å². The minimum absolute atomic E-state index is 0.0775. The van der Waals surface area contributed by atoms with Crippen molar-refractivity contribution in [3.8, 4) is 0 Å². The number of imide groups is 1. The summed E-state index contributed by atoms with van der Waals surface area (Å²) < 4.78 is 5.55. The molecule has 6 nitrogen and oxygen atoms in total. The van der Waals surface area contributed by atoms with Gasteiger partial charge in [0.05, 0.1) is 23.8 Å². The molecule has 0 bridgehead atoms. The first-order chi connectivity index (χ1) is 12.6. The fraction of sp³-hybridized carbons (Fsp3) is 0.550. The molecule has 3 aliphatic rings. The van der Waals surface area contributed by atoms with Gasteiger partial charge >= 0.3 is 0 Å². The summed E-state index contributed by atoms with van der Waals surface area (Å²) >= 11 is 0. The van der Waals surface area contributed by atoms with Gasteiger partial charge < -0.3 is 10.1 Å². The molecule has 26 heavy (non-hydrogen) atoms. The summed E-state index contributed by atoms with van der Waals surface area (Å²) in [6.45, 7) is 0.968. The quantitative estimate of drug-likeness (QED) is 0.841. The molecule has 1 aromatic rings. The van der Waals surface area contributed by atoms with Crippen LogP contribution < -0.4 is 5.32 Å². The number of fused-ring (bicyclic) bond motifs is 1. The second-order valence-electron chi connectivity index (χ2n) is 7.42. The van der Waals surface area contributed by atoms with E-state index in [1.165, 1.54) is 11.3 Å². The highest BCUT2D eigenvalue weighted by Gasteiger charge is 2.38. The molecule has 4 rings (SSSR count). The average Bonchev–Trinajstić information content (AvgIpc) is 3.25. The third-order valence-corrected chi connectivity index (χ3v) is 5.58. The highest BCUT2D eigenvalue weighted by Crippen LogP contribution is 2.26. The maximum absolute atomic E-state index is 12.7. The maximum Gasteiger partial charge on any atom is 0.261 e. The number of hydrogen-bond donors (Lipinski definition) is 1. The first kappa shape index (κ1) is 17.2. The van der Waals surface area contributed by atoms with E-state index in [-0.39, 0.29) is 36.4 Å². The molecule has 1 aliphatic carbocycles. The zero-order valence-corrected chi connectivity index (χ0v) is 14.8. The summed E-state index contributed by atoms with van der Waals surface area (Å²) in [6, 6.07) is 5.00. The molecule has 0 spiro atoms. The van der Waals surface area contributed by atoms with Crippen molar-refractivity contribution in [2.24, 2.45) is 0 Å². The maximum atomic E-state index is 12.7. The van der Waals surface area contributed by atoms with Gasteiger partial charge in [-0.25, -0.2) is 0 Å². The van der Waals surface area contributed by atoms with E-state index in [2.05, 4.69) is 5.32 Å². The number of carbonyl (C=O) groups excluding carboxylic acids is 3. The third kappa shape index (κ3) is 3.26. The Kier molecular flexibility index (Phi) is 4.76. The van der Waals surface area contributed by atoms with Crippen LogP contribution in [0.4, 0.5) is 0 Å². The molecule has 3 amide bonds. The number of hydrogen-bond acceptors (Lipinski definition) is 4. The monoisotopic (exact) mass is 356 g/mol. The van der Waals surface area contributed by atoms with Crippen LogP contribution in [0.3, 0.4) is 0 Å². The van der Waals surface area contributed by atoms with E-state index in [0.717, 1.165) is 38.5 Å². The number of amides is 3. The molecule has 2 fully saturated rings. The van der Waals surface area contributed by atoms with Gasteiger partial charge in [0, 0.05) is 18.2 Å². The van der Waals surface area contributed by atoms with Gasteiger partial charge in [-0.15, -0.1) is 0 Å². The van der Waals surface area contributed by atoms with E-state index in [1.54, 1.807) is 18.2 Å². The van der Waals surface area contributed by atoms with Gasteiger partial charge in [-0.05, 0) is 43.9 Å². The molecular weight excluding hydrogens is 332 g/mol. The Hall–Kier alpha value is -2.21. The molecule has 1 atom stereocenters. The predicted molar refractivity (Wildman–Crippen MR) is 95.1 cm³/mol. The minimum atomic E-state index is -0.326. The highest BCUT2D eigenvalue weighted by atomic mass is 16.5. The van der Waals surface area contributed by atoms with Crippen molar-refractivity contribution in [3.05, 3.63) is 34.9 Å². The second-order valence-corrected chi connectivity index (χ2v) is 7.42. The van der Waals surface area contributed by atoms with E-state index >= 15 is 0 Å². The molecule has 0 aromatic heterocycles. The van der Waals surface area contributed by atoms with E-state index < -0.39 is 0 Å². The van der Waals surface area contributed by atoms with Gasteiger partial charge in [0.15, 0.2) is 0 Å². The summed E-state index contributed by atoms with van der Waals surface area (Å²) in [6.07, 6.45) is 7.25. The molecule has 138 valence electrons. The van der Waals surface area contributed by atoms with Crippen LogP contribution in [0.1, 0.15) is 76.0 Å². The van der Waals surface area contributed by atoms with Crippen LogP contribution in [0.25, 0.3) is 0 Å². The number of ether oxygens (including phenoxy) is 1. The Bertz CT molecular complexity index is 733. The van der Waals surface area contributed by atoms with Gasteiger partial charge in [0.25, 0.3) is 17.7 Å². The Labute approximate surface area is 152 Å². The Balaban J connectivity index is 1.48. The second kappa shape index (κ2) is 7.19. The van der Waals surface area contributed by atoms with Crippen LogP contribution >= 0.6 is 0 Å². The Morgan fingerprint density at radius 3 is 2.54 bits per heavy atom. The largest absolute Gasteiger partial charge is 0.376 e. The summed E-state index contributed by atoms with van der Waals surface area (Å²) in [5.74, 6) is -0.787. The van der Waals surface area contributed by atoms with Crippen molar-refractivity contribution in [1.29, 1.82) is 0 Å². The standard InChI is InChI=1S/C20H24N2O4/c23-18(21-14-5-2-1-3-6-14)13-8-9-16-17(11-13)20(25)22(19(16)24)12-15-7-4-10-26-15/h8-9,11,14-15H,1-7,10,12H2,(H,21,23)/t15-/m0/s1. The molecule has 2 heterocycles. The van der Waals surface area contributed by atoms with E-state index in [4.69, 9.17) is 4.74 Å². The molecule has 0 unspecified atom stereocenters. The Morgan fingerprint density at radius 1 is 1.04 bits per heavy atom. The van der Waals surface area contributed by atoms with Crippen molar-refractivity contribution in [2.45, 2.75) is 57.1 Å². The molecule has 1 N–H and O–H groups in total. The van der Waals surface area contributed by atoms with Gasteiger partial charge in [-0.1, -0.05) is 19.3 Å². The van der Waals surface area contributed by atoms with Crippen molar-refractivity contribution in [3.63, 3.8) is 0 Å². The van der Waals surface area contributed by atoms with Crippen LogP contribution in [0.5, 0.6) is 0 Å². The van der Waals surface area contributed by atoms with Gasteiger partial charge in [0.1, 0.15) is 0 Å². The zero-order valence-electron chi connectivity index (χ0n) is 14.8. The molecule has 0 radical (unpaired) electrons. The van der Waals surface area contributed by atoms with Crippen LogP contribution in [0, 0.1) is 0 Å². The van der Waals surface area contributed by atoms with Crippen molar-refractivity contribution >= 4 is 17.7 Å². The smallest absolute Gasteiger partial charge is 0.261 e. The summed E-state index contributed by atoms with van der Waals surface area (Å²) in [4.78, 5) is 39.0. The molecule has 1 aromatic carbocycles. The van der Waals surface area contributed by atoms with E-state index in [0.29, 0.717) is 23.3 Å². The number of rotatable bonds is 4. The van der Waals surface area contributed by atoms with Crippen LogP contribution in [-0.2, 0) is 4.74 Å². The lowest BCUT2D eigenvalue weighted by atomic mass is 9.95. The van der Waals surface area contributed by atoms with Crippen LogP contribution in [0.2, 0.25) is 0 Å². The fourth-order valence-corrected chi connectivity index (χ4v) is 4.11. The van der Waals surface area contributed by atoms with Crippen molar-refractivity contribution in [1.82, 2.24) is 10.2 Å². The number of carbonyl (C=O) groups is 3. The lowest BCUT2D eigenvalue weighted by molar-refractivity contribution is 0.0475. The third-order valence-electron chi connectivity index (χ3n) is 5.58. The van der Waals surface area contributed by atoms with E-state index in [1.807, 2.05) is 0 Å². The first-order valence-corrected chi connectivity index (χ1v) is 9.56. The summed E-state index contributed by atoms with van der Waals surface area (Å²) in [5.41, 5.74) is 1.14. The van der Waals surface area contributed by atoms with Crippen molar-refractivity contribution < 1.29 is 19.1 Å². The fourth-order valence-electron chi connectivity index (χ4n) is 4.11. The topological polar surface area (TPSA) is 75.7 Å². The highest BCUT2D eigenvalue weighted by molar-refractivity contribution is 6.22. The Morgan fingerprint density at radius 2 is 1.81 bits per heavy atom. The van der Waals surface area contributed by atoms with Gasteiger partial charge in [0.2, 0.25) is 0 Å². The predicted octanol–water partition coefficient (Wildman–Crippen LogP) is 2.52. The van der Waals surface area contributed by atoms with Gasteiger partial charge in [-0.3, -0.25) is 19.3 Å². The number of benzene rings is 1. The summed E-state index contributed by atoms with van der Waals surface area (Å²) in [5, 5.41) is 3.05. The molecular formula is C20H24N2O4. The number of nitrogens with zero attached hydrogens (tertiary/aromatic N) is 1. The van der Waals surface area contributed by atoms with E-state index in [9.17, 15) is 14.4 Å². The minimum Gasteiger partial charge on any atom is -0.376 e. The van der Waals surface area contributed by atoms with Crippen LogP contribution in [-0.4, -0.2) is 47.9 Å². The zero-order chi connectivity index (χ0) is 18.1. The SMILES string of the molecule is O=C(NC1CCCCC1)c1ccc2c(c1)C(=O)N(C[C@@H]1CCCO1)C2=O. The average molecular weight is 356 g/mol. The lowest BCUT2D eigenvalue weighted by Gasteiger charge is -2.22. The normalized spacial score (nSPS) is 23.4. The van der Waals surface area contributed by atoms with Crippen molar-refractivity contribution in [2.75, 3.05) is 13.2 Å². The number of nitrogens with one attached hydrogen (secondary N) is 1. The molecule has 6 heteroatoms.